The number of anilines is 1. The van der Waals surface area contributed by atoms with Crippen molar-refractivity contribution in [3.05, 3.63) is 16.4 Å². The van der Waals surface area contributed by atoms with E-state index >= 15 is 0 Å². The molecule has 1 rings (SSSR count). The van der Waals surface area contributed by atoms with E-state index in [9.17, 15) is 0 Å². The molecule has 0 aromatic carbocycles. The Kier molecular flexibility index (Phi) is 4.57. The molecule has 1 aromatic rings. The molecule has 0 radical (unpaired) electrons. The third-order valence-electron chi connectivity index (χ3n) is 1.99. The van der Waals surface area contributed by atoms with Crippen molar-refractivity contribution in [2.75, 3.05) is 18.5 Å². The van der Waals surface area contributed by atoms with Crippen LogP contribution >= 0.6 is 23.2 Å². The molecule has 0 saturated heterocycles. The number of nitrogens with zero attached hydrogens (tertiary/aromatic N) is 3. The first-order chi connectivity index (χ1) is 7.00. The molecule has 1 heterocycles. The lowest BCUT2D eigenvalue weighted by atomic mass is 10.2. The highest BCUT2D eigenvalue weighted by Crippen LogP contribution is 2.24. The van der Waals surface area contributed by atoms with Gasteiger partial charge in [-0.05, 0) is 13.3 Å². The first kappa shape index (κ1) is 12.5. The summed E-state index contributed by atoms with van der Waals surface area (Å²) < 4.78 is 0. The molecule has 4 nitrogen and oxygen atoms in total. The van der Waals surface area contributed by atoms with Crippen LogP contribution in [-0.2, 0) is 0 Å². The second-order valence-corrected chi connectivity index (χ2v) is 4.15. The standard InChI is InChI=1S/C9H13Cl2N3O/c1-6(15)3-4-14(2)7-5-8(10)12-13-9(7)11/h5-6,15H,3-4H2,1-2H3. The SMILES string of the molecule is CC(O)CCN(C)c1cc(Cl)nnc1Cl. The fourth-order valence-corrected chi connectivity index (χ4v) is 1.49. The van der Waals surface area contributed by atoms with Crippen LogP contribution in [0.25, 0.3) is 0 Å². The van der Waals surface area contributed by atoms with Gasteiger partial charge in [-0.1, -0.05) is 23.2 Å². The Bertz CT molecular complexity index is 333. The summed E-state index contributed by atoms with van der Waals surface area (Å²) in [5.41, 5.74) is 0.720. The van der Waals surface area contributed by atoms with Gasteiger partial charge in [-0.3, -0.25) is 0 Å². The molecule has 0 bridgehead atoms. The third-order valence-corrected chi connectivity index (χ3v) is 2.45. The van der Waals surface area contributed by atoms with Crippen LogP contribution in [0.3, 0.4) is 0 Å². The molecule has 84 valence electrons. The van der Waals surface area contributed by atoms with Crippen molar-refractivity contribution >= 4 is 28.9 Å². The molecule has 0 aliphatic rings. The van der Waals surface area contributed by atoms with Gasteiger partial charge >= 0.3 is 0 Å². The number of halogens is 2. The van der Waals surface area contributed by atoms with Gasteiger partial charge in [-0.2, -0.15) is 0 Å². The third kappa shape index (κ3) is 3.81. The van der Waals surface area contributed by atoms with Crippen LogP contribution in [0.1, 0.15) is 13.3 Å². The Morgan fingerprint density at radius 1 is 1.47 bits per heavy atom. The highest BCUT2D eigenvalue weighted by molar-refractivity contribution is 6.33. The zero-order valence-corrected chi connectivity index (χ0v) is 10.1. The molecule has 1 N–H and O–H groups in total. The van der Waals surface area contributed by atoms with Gasteiger partial charge in [0.15, 0.2) is 10.3 Å². The summed E-state index contributed by atoms with van der Waals surface area (Å²) in [6, 6.07) is 1.65. The van der Waals surface area contributed by atoms with Crippen LogP contribution in [0.2, 0.25) is 10.3 Å². The molecule has 0 aliphatic heterocycles. The maximum absolute atomic E-state index is 9.16. The lowest BCUT2D eigenvalue weighted by molar-refractivity contribution is 0.187. The van der Waals surface area contributed by atoms with E-state index in [1.54, 1.807) is 13.0 Å². The number of aromatic nitrogens is 2. The molecular formula is C9H13Cl2N3O. The first-order valence-corrected chi connectivity index (χ1v) is 5.34. The van der Waals surface area contributed by atoms with Crippen LogP contribution in [-0.4, -0.2) is 35.0 Å². The van der Waals surface area contributed by atoms with Crippen molar-refractivity contribution in [1.29, 1.82) is 0 Å². The predicted octanol–water partition coefficient (Wildman–Crippen LogP) is 1.99. The van der Waals surface area contributed by atoms with E-state index < -0.39 is 0 Å². The molecule has 0 saturated carbocycles. The number of hydrogen-bond donors (Lipinski definition) is 1. The average molecular weight is 250 g/mol. The van der Waals surface area contributed by atoms with Crippen molar-refractivity contribution in [3.63, 3.8) is 0 Å². The van der Waals surface area contributed by atoms with E-state index in [0.29, 0.717) is 23.3 Å². The number of rotatable bonds is 4. The lowest BCUT2D eigenvalue weighted by Gasteiger charge is -2.20. The van der Waals surface area contributed by atoms with Crippen LogP contribution in [0.5, 0.6) is 0 Å². The van der Waals surface area contributed by atoms with Crippen molar-refractivity contribution in [2.24, 2.45) is 0 Å². The number of aliphatic hydroxyl groups is 1. The smallest absolute Gasteiger partial charge is 0.175 e. The van der Waals surface area contributed by atoms with E-state index in [0.717, 1.165) is 5.69 Å². The summed E-state index contributed by atoms with van der Waals surface area (Å²) in [5.74, 6) is 0. The Morgan fingerprint density at radius 2 is 2.13 bits per heavy atom. The van der Waals surface area contributed by atoms with Crippen LogP contribution in [0.4, 0.5) is 5.69 Å². The van der Waals surface area contributed by atoms with Crippen molar-refractivity contribution < 1.29 is 5.11 Å². The Morgan fingerprint density at radius 3 is 2.73 bits per heavy atom. The zero-order valence-electron chi connectivity index (χ0n) is 8.61. The van der Waals surface area contributed by atoms with E-state index in [1.807, 2.05) is 11.9 Å². The molecule has 0 amide bonds. The normalized spacial score (nSPS) is 12.6. The van der Waals surface area contributed by atoms with Crippen LogP contribution in [0.15, 0.2) is 6.07 Å². The van der Waals surface area contributed by atoms with Gasteiger partial charge in [0.1, 0.15) is 0 Å². The summed E-state index contributed by atoms with van der Waals surface area (Å²) in [5, 5.41) is 17.1. The highest BCUT2D eigenvalue weighted by atomic mass is 35.5. The second-order valence-electron chi connectivity index (χ2n) is 3.40. The Hall–Kier alpha value is -0.580. The topological polar surface area (TPSA) is 49.2 Å². The van der Waals surface area contributed by atoms with Crippen molar-refractivity contribution in [3.8, 4) is 0 Å². The van der Waals surface area contributed by atoms with Crippen molar-refractivity contribution in [1.82, 2.24) is 10.2 Å². The van der Waals surface area contributed by atoms with Crippen molar-refractivity contribution in [2.45, 2.75) is 19.4 Å². The van der Waals surface area contributed by atoms with Gasteiger partial charge in [-0.15, -0.1) is 10.2 Å². The van der Waals surface area contributed by atoms with Gasteiger partial charge in [0, 0.05) is 19.7 Å². The quantitative estimate of drug-likeness (QED) is 0.887. The summed E-state index contributed by atoms with van der Waals surface area (Å²) in [4.78, 5) is 1.88. The van der Waals surface area contributed by atoms with Gasteiger partial charge in [-0.25, -0.2) is 0 Å². The Labute approximate surface area is 98.8 Å². The van der Waals surface area contributed by atoms with E-state index in [2.05, 4.69) is 10.2 Å². The second kappa shape index (κ2) is 5.49. The molecule has 6 heteroatoms. The molecule has 1 unspecified atom stereocenters. The lowest BCUT2D eigenvalue weighted by Crippen LogP contribution is -2.22. The van der Waals surface area contributed by atoms with Crippen LogP contribution in [0, 0.1) is 0 Å². The zero-order chi connectivity index (χ0) is 11.4. The largest absolute Gasteiger partial charge is 0.393 e. The van der Waals surface area contributed by atoms with E-state index in [1.165, 1.54) is 0 Å². The van der Waals surface area contributed by atoms with Gasteiger partial charge < -0.3 is 10.0 Å². The minimum absolute atomic E-state index is 0.304. The minimum atomic E-state index is -0.337. The van der Waals surface area contributed by atoms with Gasteiger partial charge in [0.05, 0.1) is 11.8 Å². The summed E-state index contributed by atoms with van der Waals surface area (Å²) >= 11 is 11.6. The molecule has 1 aromatic heterocycles. The fraction of sp³-hybridized carbons (Fsp3) is 0.556. The molecule has 0 fully saturated rings. The summed E-state index contributed by atoms with van der Waals surface area (Å²) in [7, 11) is 1.86. The minimum Gasteiger partial charge on any atom is -0.393 e. The Balaban J connectivity index is 2.72. The van der Waals surface area contributed by atoms with Gasteiger partial charge in [0.2, 0.25) is 0 Å². The first-order valence-electron chi connectivity index (χ1n) is 4.58. The molecule has 0 spiro atoms. The number of aliphatic hydroxyl groups excluding tert-OH is 1. The molecular weight excluding hydrogens is 237 g/mol. The number of hydrogen-bond acceptors (Lipinski definition) is 4. The maximum Gasteiger partial charge on any atom is 0.175 e. The van der Waals surface area contributed by atoms with Crippen LogP contribution < -0.4 is 4.90 Å². The molecule has 15 heavy (non-hydrogen) atoms. The fourth-order valence-electron chi connectivity index (χ4n) is 1.11. The highest BCUT2D eigenvalue weighted by Gasteiger charge is 2.09. The summed E-state index contributed by atoms with van der Waals surface area (Å²) in [6.07, 6.45) is 0.323. The summed E-state index contributed by atoms with van der Waals surface area (Å²) in [6.45, 7) is 2.42. The average Bonchev–Trinajstić information content (AvgIpc) is 2.18. The monoisotopic (exact) mass is 249 g/mol. The van der Waals surface area contributed by atoms with E-state index in [-0.39, 0.29) is 6.10 Å². The predicted molar refractivity (Wildman–Crippen MR) is 61.6 cm³/mol. The maximum atomic E-state index is 9.16. The van der Waals surface area contributed by atoms with Gasteiger partial charge in [0.25, 0.3) is 0 Å². The van der Waals surface area contributed by atoms with E-state index in [4.69, 9.17) is 28.3 Å². The molecule has 0 aliphatic carbocycles. The molecule has 1 atom stereocenters.